The van der Waals surface area contributed by atoms with Gasteiger partial charge in [0, 0.05) is 23.9 Å². The fourth-order valence-electron chi connectivity index (χ4n) is 1.77. The average molecular weight is 338 g/mol. The van der Waals surface area contributed by atoms with Gasteiger partial charge in [-0.15, -0.1) is 8.78 Å². The SMILES string of the molecule is C=C(CCNC(=O)c1cc2c(cc1N)OC(F)(F)O2)C(F)(F)F. The van der Waals surface area contributed by atoms with Gasteiger partial charge in [-0.05, 0) is 12.5 Å². The molecule has 1 heterocycles. The third-order valence-electron chi connectivity index (χ3n) is 2.93. The number of carbonyl (C=O) groups excluding carboxylic acids is 1. The first-order valence-electron chi connectivity index (χ1n) is 6.22. The third-order valence-corrected chi connectivity index (χ3v) is 2.93. The monoisotopic (exact) mass is 338 g/mol. The molecule has 0 saturated heterocycles. The standard InChI is InChI=1S/C13H11F5N2O3/c1-6(12(14,15)16)2-3-20-11(21)7-4-9-10(5-8(7)19)23-13(17,18)22-9/h4-5H,1-3,19H2,(H,20,21). The highest BCUT2D eigenvalue weighted by Crippen LogP contribution is 2.43. The highest BCUT2D eigenvalue weighted by molar-refractivity contribution is 6.00. The normalized spacial score (nSPS) is 15.3. The van der Waals surface area contributed by atoms with Crippen LogP contribution in [0.4, 0.5) is 27.6 Å². The molecule has 0 atom stereocenters. The Kier molecular flexibility index (Phi) is 4.10. The van der Waals surface area contributed by atoms with E-state index in [1.807, 2.05) is 0 Å². The van der Waals surface area contributed by atoms with Crippen molar-refractivity contribution in [3.05, 3.63) is 29.8 Å². The van der Waals surface area contributed by atoms with Gasteiger partial charge in [0.1, 0.15) is 0 Å². The highest BCUT2D eigenvalue weighted by Gasteiger charge is 2.44. The van der Waals surface area contributed by atoms with E-state index in [-0.39, 0.29) is 23.5 Å². The first-order chi connectivity index (χ1) is 10.5. The molecule has 0 radical (unpaired) electrons. The van der Waals surface area contributed by atoms with Gasteiger partial charge in [0.25, 0.3) is 5.91 Å². The molecule has 0 bridgehead atoms. The predicted molar refractivity (Wildman–Crippen MR) is 69.2 cm³/mol. The second kappa shape index (κ2) is 5.60. The number of nitrogen functional groups attached to an aromatic ring is 1. The van der Waals surface area contributed by atoms with Crippen molar-refractivity contribution in [1.29, 1.82) is 0 Å². The number of amides is 1. The molecule has 1 amide bonds. The molecule has 23 heavy (non-hydrogen) atoms. The zero-order valence-corrected chi connectivity index (χ0v) is 11.5. The van der Waals surface area contributed by atoms with Gasteiger partial charge in [-0.2, -0.15) is 13.2 Å². The van der Waals surface area contributed by atoms with E-state index in [2.05, 4.69) is 21.4 Å². The minimum Gasteiger partial charge on any atom is -0.398 e. The van der Waals surface area contributed by atoms with Crippen LogP contribution in [0.3, 0.4) is 0 Å². The Labute approximate surface area is 126 Å². The van der Waals surface area contributed by atoms with Crippen molar-refractivity contribution in [2.24, 2.45) is 0 Å². The smallest absolute Gasteiger partial charge is 0.398 e. The van der Waals surface area contributed by atoms with Gasteiger partial charge in [-0.3, -0.25) is 4.79 Å². The van der Waals surface area contributed by atoms with Crippen molar-refractivity contribution in [2.75, 3.05) is 12.3 Å². The molecule has 126 valence electrons. The summed E-state index contributed by atoms with van der Waals surface area (Å²) in [4.78, 5) is 11.9. The van der Waals surface area contributed by atoms with Gasteiger partial charge in [0.15, 0.2) is 11.5 Å². The topological polar surface area (TPSA) is 73.6 Å². The minimum atomic E-state index is -4.55. The molecular weight excluding hydrogens is 327 g/mol. The number of ether oxygens (including phenoxy) is 2. The molecule has 5 nitrogen and oxygen atoms in total. The van der Waals surface area contributed by atoms with Crippen molar-refractivity contribution in [1.82, 2.24) is 5.32 Å². The molecule has 0 spiro atoms. The largest absolute Gasteiger partial charge is 0.586 e. The number of halogens is 5. The van der Waals surface area contributed by atoms with Gasteiger partial charge in [-0.1, -0.05) is 6.58 Å². The Morgan fingerprint density at radius 2 is 1.83 bits per heavy atom. The molecule has 10 heteroatoms. The van der Waals surface area contributed by atoms with Crippen molar-refractivity contribution < 1.29 is 36.2 Å². The summed E-state index contributed by atoms with van der Waals surface area (Å²) >= 11 is 0. The number of nitrogens with one attached hydrogen (secondary N) is 1. The number of carbonyl (C=O) groups is 1. The summed E-state index contributed by atoms with van der Waals surface area (Å²) in [7, 11) is 0. The predicted octanol–water partition coefficient (Wildman–Crippen LogP) is 2.83. The quantitative estimate of drug-likeness (QED) is 0.503. The van der Waals surface area contributed by atoms with Crippen LogP contribution in [-0.2, 0) is 0 Å². The minimum absolute atomic E-state index is 0.183. The number of hydrogen-bond donors (Lipinski definition) is 2. The molecular formula is C13H11F5N2O3. The van der Waals surface area contributed by atoms with Crippen LogP contribution in [0.25, 0.3) is 0 Å². The van der Waals surface area contributed by atoms with E-state index in [1.54, 1.807) is 0 Å². The van der Waals surface area contributed by atoms with E-state index in [0.717, 1.165) is 12.1 Å². The van der Waals surface area contributed by atoms with Crippen LogP contribution < -0.4 is 20.5 Å². The average Bonchev–Trinajstić information content (AvgIpc) is 2.69. The lowest BCUT2D eigenvalue weighted by Gasteiger charge is -2.11. The van der Waals surface area contributed by atoms with Crippen molar-refractivity contribution in [2.45, 2.75) is 18.9 Å². The first kappa shape index (κ1) is 16.8. The summed E-state index contributed by atoms with van der Waals surface area (Å²) in [6, 6.07) is 1.90. The van der Waals surface area contributed by atoms with Crippen LogP contribution >= 0.6 is 0 Å². The lowest BCUT2D eigenvalue weighted by Crippen LogP contribution is -2.27. The maximum Gasteiger partial charge on any atom is 0.586 e. The number of alkyl halides is 5. The maximum absolute atomic E-state index is 12.9. The molecule has 1 aliphatic heterocycles. The Morgan fingerprint density at radius 3 is 2.39 bits per heavy atom. The zero-order chi connectivity index (χ0) is 17.4. The number of anilines is 1. The summed E-state index contributed by atoms with van der Waals surface area (Å²) < 4.78 is 70.9. The summed E-state index contributed by atoms with van der Waals surface area (Å²) in [5.41, 5.74) is 4.14. The summed E-state index contributed by atoms with van der Waals surface area (Å²) in [6.45, 7) is 2.51. The molecule has 0 saturated carbocycles. The van der Waals surface area contributed by atoms with Crippen LogP contribution in [0.15, 0.2) is 24.3 Å². The van der Waals surface area contributed by atoms with E-state index in [1.165, 1.54) is 0 Å². The Balaban J connectivity index is 2.03. The second-order valence-corrected chi connectivity index (χ2v) is 4.66. The maximum atomic E-state index is 12.9. The number of rotatable bonds is 4. The van der Waals surface area contributed by atoms with E-state index in [9.17, 15) is 26.7 Å². The fourth-order valence-corrected chi connectivity index (χ4v) is 1.77. The fraction of sp³-hybridized carbons (Fsp3) is 0.308. The Morgan fingerprint density at radius 1 is 1.26 bits per heavy atom. The molecule has 0 aromatic heterocycles. The van der Waals surface area contributed by atoms with Gasteiger partial charge in [-0.25, -0.2) is 0 Å². The summed E-state index contributed by atoms with van der Waals surface area (Å²) in [5.74, 6) is -1.57. The lowest BCUT2D eigenvalue weighted by molar-refractivity contribution is -0.286. The van der Waals surface area contributed by atoms with Crippen LogP contribution in [0.1, 0.15) is 16.8 Å². The number of benzene rings is 1. The zero-order valence-electron chi connectivity index (χ0n) is 11.5. The van der Waals surface area contributed by atoms with Gasteiger partial charge in [0.2, 0.25) is 0 Å². The van der Waals surface area contributed by atoms with Gasteiger partial charge in [0.05, 0.1) is 5.56 Å². The van der Waals surface area contributed by atoms with E-state index >= 15 is 0 Å². The van der Waals surface area contributed by atoms with Crippen LogP contribution in [0, 0.1) is 0 Å². The molecule has 0 unspecified atom stereocenters. The Hall–Kier alpha value is -2.52. The second-order valence-electron chi connectivity index (χ2n) is 4.66. The van der Waals surface area contributed by atoms with Crippen molar-refractivity contribution in [3.63, 3.8) is 0 Å². The molecule has 0 aliphatic carbocycles. The lowest BCUT2D eigenvalue weighted by atomic mass is 10.1. The van der Waals surface area contributed by atoms with Gasteiger partial charge >= 0.3 is 12.5 Å². The molecule has 0 fully saturated rings. The Bertz CT molecular complexity index is 658. The molecule has 1 aromatic rings. The number of hydrogen-bond acceptors (Lipinski definition) is 4. The molecule has 1 aliphatic rings. The van der Waals surface area contributed by atoms with Gasteiger partial charge < -0.3 is 20.5 Å². The molecule has 3 N–H and O–H groups in total. The first-order valence-corrected chi connectivity index (χ1v) is 6.22. The van der Waals surface area contributed by atoms with E-state index < -0.39 is 36.1 Å². The summed E-state index contributed by atoms with van der Waals surface area (Å²) in [5, 5.41) is 2.19. The highest BCUT2D eigenvalue weighted by atomic mass is 19.4. The number of nitrogens with two attached hydrogens (primary N) is 1. The summed E-state index contributed by atoms with van der Waals surface area (Å²) in [6.07, 6.45) is -8.93. The molecule has 1 aromatic carbocycles. The van der Waals surface area contributed by atoms with E-state index in [0.29, 0.717) is 0 Å². The molecule has 2 rings (SSSR count). The van der Waals surface area contributed by atoms with E-state index in [4.69, 9.17) is 5.73 Å². The van der Waals surface area contributed by atoms with Crippen molar-refractivity contribution >= 4 is 11.6 Å². The number of fused-ring (bicyclic) bond motifs is 1. The van der Waals surface area contributed by atoms with Crippen LogP contribution in [-0.4, -0.2) is 24.9 Å². The van der Waals surface area contributed by atoms with Crippen molar-refractivity contribution in [3.8, 4) is 11.5 Å². The van der Waals surface area contributed by atoms with Crippen LogP contribution in [0.2, 0.25) is 0 Å². The van der Waals surface area contributed by atoms with Crippen LogP contribution in [0.5, 0.6) is 11.5 Å². The third kappa shape index (κ3) is 3.82.